The summed E-state index contributed by atoms with van der Waals surface area (Å²) in [5.41, 5.74) is 1.13. The van der Waals surface area contributed by atoms with Gasteiger partial charge >= 0.3 is 6.03 Å². The molecular formula is C24H15Cl2FN2O4. The van der Waals surface area contributed by atoms with E-state index in [9.17, 15) is 18.8 Å². The van der Waals surface area contributed by atoms with Crippen molar-refractivity contribution in [1.82, 2.24) is 5.32 Å². The summed E-state index contributed by atoms with van der Waals surface area (Å²) in [4.78, 5) is 38.4. The molecule has 3 aromatic carbocycles. The van der Waals surface area contributed by atoms with Crippen LogP contribution in [0.25, 0.3) is 6.08 Å². The Kier molecular flexibility index (Phi) is 6.44. The van der Waals surface area contributed by atoms with E-state index in [4.69, 9.17) is 27.9 Å². The lowest BCUT2D eigenvalue weighted by Crippen LogP contribution is -2.54. The average Bonchev–Trinajstić information content (AvgIpc) is 2.78. The van der Waals surface area contributed by atoms with E-state index in [-0.39, 0.29) is 33.8 Å². The highest BCUT2D eigenvalue weighted by molar-refractivity contribution is 6.40. The Morgan fingerprint density at radius 3 is 2.21 bits per heavy atom. The van der Waals surface area contributed by atoms with Crippen LogP contribution in [0.2, 0.25) is 10.0 Å². The number of carbonyl (C=O) groups is 3. The summed E-state index contributed by atoms with van der Waals surface area (Å²) in [5.74, 6) is -1.77. The van der Waals surface area contributed by atoms with Gasteiger partial charge in [0.2, 0.25) is 0 Å². The van der Waals surface area contributed by atoms with Crippen molar-refractivity contribution in [3.63, 3.8) is 0 Å². The Balaban J connectivity index is 1.60. The predicted molar refractivity (Wildman–Crippen MR) is 123 cm³/mol. The van der Waals surface area contributed by atoms with Gasteiger partial charge in [0.05, 0.1) is 15.7 Å². The minimum absolute atomic E-state index is 0.106. The van der Waals surface area contributed by atoms with Gasteiger partial charge in [0.25, 0.3) is 11.8 Å². The summed E-state index contributed by atoms with van der Waals surface area (Å²) in [6, 6.07) is 16.1. The van der Waals surface area contributed by atoms with E-state index in [0.717, 1.165) is 4.90 Å². The van der Waals surface area contributed by atoms with E-state index in [1.54, 1.807) is 42.5 Å². The normalized spacial score (nSPS) is 15.1. The fraction of sp³-hybridized carbons (Fsp3) is 0.0417. The van der Waals surface area contributed by atoms with Crippen LogP contribution in [0.1, 0.15) is 11.1 Å². The Bertz CT molecular complexity index is 1250. The lowest BCUT2D eigenvalue weighted by molar-refractivity contribution is -0.122. The summed E-state index contributed by atoms with van der Waals surface area (Å²) < 4.78 is 18.7. The number of ether oxygens (including phenoxy) is 1. The van der Waals surface area contributed by atoms with E-state index in [1.165, 1.54) is 30.3 Å². The lowest BCUT2D eigenvalue weighted by Gasteiger charge is -2.26. The molecule has 1 aliphatic rings. The van der Waals surface area contributed by atoms with Crippen molar-refractivity contribution in [3.05, 3.63) is 99.3 Å². The van der Waals surface area contributed by atoms with Crippen LogP contribution >= 0.6 is 23.2 Å². The Labute approximate surface area is 198 Å². The number of carbonyl (C=O) groups excluding carboxylic acids is 3. The van der Waals surface area contributed by atoms with Crippen molar-refractivity contribution >= 4 is 52.8 Å². The van der Waals surface area contributed by atoms with Gasteiger partial charge in [0, 0.05) is 0 Å². The molecule has 0 spiro atoms. The van der Waals surface area contributed by atoms with E-state index in [0.29, 0.717) is 16.8 Å². The van der Waals surface area contributed by atoms with Gasteiger partial charge in [-0.05, 0) is 53.6 Å². The van der Waals surface area contributed by atoms with Crippen LogP contribution < -0.4 is 15.0 Å². The second kappa shape index (κ2) is 9.44. The number of nitrogens with one attached hydrogen (secondary N) is 1. The van der Waals surface area contributed by atoms with Crippen molar-refractivity contribution in [2.45, 2.75) is 6.61 Å². The first-order chi connectivity index (χ1) is 15.8. The third-order valence-corrected chi connectivity index (χ3v) is 5.31. The molecule has 166 valence electrons. The molecule has 1 fully saturated rings. The van der Waals surface area contributed by atoms with Crippen LogP contribution in [0.3, 0.4) is 0 Å². The number of para-hydroxylation sites is 1. The number of barbiturate groups is 1. The van der Waals surface area contributed by atoms with Gasteiger partial charge in [-0.25, -0.2) is 14.1 Å². The second-order valence-electron chi connectivity index (χ2n) is 7.02. The van der Waals surface area contributed by atoms with Crippen LogP contribution in [-0.2, 0) is 16.2 Å². The lowest BCUT2D eigenvalue weighted by atomic mass is 10.1. The first-order valence-corrected chi connectivity index (χ1v) is 10.4. The average molecular weight is 485 g/mol. The van der Waals surface area contributed by atoms with Gasteiger partial charge in [0.1, 0.15) is 18.0 Å². The zero-order valence-corrected chi connectivity index (χ0v) is 18.4. The Morgan fingerprint density at radius 2 is 1.58 bits per heavy atom. The molecule has 1 heterocycles. The number of imide groups is 2. The molecule has 0 aromatic heterocycles. The molecule has 0 saturated carbocycles. The first kappa shape index (κ1) is 22.5. The summed E-state index contributed by atoms with van der Waals surface area (Å²) in [5, 5.41) is 2.45. The van der Waals surface area contributed by atoms with E-state index in [2.05, 4.69) is 5.32 Å². The molecule has 4 amide bonds. The number of hydrogen-bond donors (Lipinski definition) is 1. The fourth-order valence-corrected chi connectivity index (χ4v) is 3.79. The molecule has 33 heavy (non-hydrogen) atoms. The molecule has 0 aliphatic carbocycles. The largest absolute Gasteiger partial charge is 0.486 e. The summed E-state index contributed by atoms with van der Waals surface area (Å²) in [7, 11) is 0. The Hall–Kier alpha value is -3.68. The summed E-state index contributed by atoms with van der Waals surface area (Å²) >= 11 is 12.6. The van der Waals surface area contributed by atoms with Gasteiger partial charge in [-0.2, -0.15) is 0 Å². The molecule has 3 aromatic rings. The van der Waals surface area contributed by atoms with Gasteiger partial charge < -0.3 is 4.74 Å². The van der Waals surface area contributed by atoms with Gasteiger partial charge in [0.15, 0.2) is 5.75 Å². The third-order valence-electron chi connectivity index (χ3n) is 4.74. The van der Waals surface area contributed by atoms with Crippen molar-refractivity contribution in [3.8, 4) is 5.75 Å². The number of hydrogen-bond acceptors (Lipinski definition) is 4. The van der Waals surface area contributed by atoms with Crippen molar-refractivity contribution < 1.29 is 23.5 Å². The van der Waals surface area contributed by atoms with Crippen LogP contribution in [0, 0.1) is 5.82 Å². The zero-order valence-electron chi connectivity index (χ0n) is 16.8. The number of nitrogens with zero attached hydrogens (tertiary/aromatic N) is 1. The zero-order chi connectivity index (χ0) is 23.5. The van der Waals surface area contributed by atoms with Gasteiger partial charge in [-0.3, -0.25) is 14.9 Å². The highest BCUT2D eigenvalue weighted by atomic mass is 35.5. The topological polar surface area (TPSA) is 75.7 Å². The van der Waals surface area contributed by atoms with Crippen LogP contribution in [0.15, 0.2) is 72.3 Å². The molecule has 6 nitrogen and oxygen atoms in total. The SMILES string of the molecule is O=C1NC(=O)N(c2ccccc2)C(=O)/C1=C/c1cc(Cl)c(OCc2ccc(F)cc2)c(Cl)c1. The molecule has 1 aliphatic heterocycles. The fourth-order valence-electron chi connectivity index (χ4n) is 3.17. The molecule has 1 saturated heterocycles. The van der Waals surface area contributed by atoms with Crippen LogP contribution in [0.4, 0.5) is 14.9 Å². The summed E-state index contributed by atoms with van der Waals surface area (Å²) in [6.45, 7) is 0.106. The van der Waals surface area contributed by atoms with E-state index in [1.807, 2.05) is 0 Å². The van der Waals surface area contributed by atoms with Crippen LogP contribution in [-0.4, -0.2) is 17.8 Å². The maximum absolute atomic E-state index is 13.0. The molecule has 0 bridgehead atoms. The minimum Gasteiger partial charge on any atom is -0.486 e. The predicted octanol–water partition coefficient (Wildman–Crippen LogP) is 5.38. The quantitative estimate of drug-likeness (QED) is 0.389. The monoisotopic (exact) mass is 484 g/mol. The Morgan fingerprint density at radius 1 is 0.939 bits per heavy atom. The van der Waals surface area contributed by atoms with Crippen molar-refractivity contribution in [2.24, 2.45) is 0 Å². The summed E-state index contributed by atoms with van der Waals surface area (Å²) in [6.07, 6.45) is 1.29. The molecule has 0 atom stereocenters. The molecule has 1 N–H and O–H groups in total. The molecule has 0 unspecified atom stereocenters. The minimum atomic E-state index is -0.839. The number of amides is 4. The third kappa shape index (κ3) is 4.89. The smallest absolute Gasteiger partial charge is 0.335 e. The molecule has 9 heteroatoms. The number of benzene rings is 3. The number of rotatable bonds is 5. The molecular weight excluding hydrogens is 470 g/mol. The van der Waals surface area contributed by atoms with Gasteiger partial charge in [-0.15, -0.1) is 0 Å². The van der Waals surface area contributed by atoms with E-state index >= 15 is 0 Å². The van der Waals surface area contributed by atoms with Crippen LogP contribution in [0.5, 0.6) is 5.75 Å². The highest BCUT2D eigenvalue weighted by Crippen LogP contribution is 2.36. The molecule has 4 rings (SSSR count). The van der Waals surface area contributed by atoms with Crippen molar-refractivity contribution in [1.29, 1.82) is 0 Å². The standard InChI is InChI=1S/C24H15Cl2FN2O4/c25-19-11-15(12-20(26)21(19)33-13-14-6-8-16(27)9-7-14)10-18-22(30)28-24(32)29(23(18)31)17-4-2-1-3-5-17/h1-12H,13H2,(H,28,30,32)/b18-10+. The number of anilines is 1. The number of urea groups is 1. The molecule has 0 radical (unpaired) electrons. The van der Waals surface area contributed by atoms with E-state index < -0.39 is 17.8 Å². The van der Waals surface area contributed by atoms with Crippen molar-refractivity contribution in [2.75, 3.05) is 4.90 Å². The number of halogens is 3. The maximum atomic E-state index is 13.0. The second-order valence-corrected chi connectivity index (χ2v) is 7.84. The first-order valence-electron chi connectivity index (χ1n) is 9.66. The van der Waals surface area contributed by atoms with Gasteiger partial charge in [-0.1, -0.05) is 53.5 Å². The highest BCUT2D eigenvalue weighted by Gasteiger charge is 2.36. The maximum Gasteiger partial charge on any atom is 0.335 e.